The Morgan fingerprint density at radius 1 is 1.33 bits per heavy atom. The molecule has 1 aromatic carbocycles. The number of nitrogens with one attached hydrogen (secondary N) is 1. The van der Waals surface area contributed by atoms with E-state index in [9.17, 15) is 0 Å². The van der Waals surface area contributed by atoms with E-state index in [2.05, 4.69) is 65.1 Å². The summed E-state index contributed by atoms with van der Waals surface area (Å²) in [5, 5.41) is 3.32. The number of hydrogen-bond donors (Lipinski definition) is 1. The zero-order valence-electron chi connectivity index (χ0n) is 8.76. The summed E-state index contributed by atoms with van der Waals surface area (Å²) in [6.45, 7) is 6.09. The van der Waals surface area contributed by atoms with E-state index >= 15 is 0 Å². The first-order chi connectivity index (χ1) is 7.16. The molecule has 15 heavy (non-hydrogen) atoms. The van der Waals surface area contributed by atoms with Crippen molar-refractivity contribution in [2.45, 2.75) is 18.2 Å². The molecule has 1 atom stereocenters. The van der Waals surface area contributed by atoms with Gasteiger partial charge in [0.1, 0.15) is 0 Å². The SMILES string of the molecule is C=C1NC(c2ccc(C)cc2)=CCC1Br. The molecule has 0 aliphatic carbocycles. The van der Waals surface area contributed by atoms with Gasteiger partial charge in [0.2, 0.25) is 0 Å². The predicted molar refractivity (Wildman–Crippen MR) is 68.8 cm³/mol. The number of benzene rings is 1. The highest BCUT2D eigenvalue weighted by Gasteiger charge is 2.15. The summed E-state index contributed by atoms with van der Waals surface area (Å²) < 4.78 is 0. The second kappa shape index (κ2) is 4.23. The van der Waals surface area contributed by atoms with Gasteiger partial charge >= 0.3 is 0 Å². The molecular formula is C13H14BrN. The highest BCUT2D eigenvalue weighted by molar-refractivity contribution is 9.09. The lowest BCUT2D eigenvalue weighted by Gasteiger charge is -2.22. The molecule has 78 valence electrons. The minimum Gasteiger partial charge on any atom is -0.358 e. The molecular weight excluding hydrogens is 250 g/mol. The fourth-order valence-corrected chi connectivity index (χ4v) is 1.89. The summed E-state index contributed by atoms with van der Waals surface area (Å²) in [6.07, 6.45) is 3.20. The van der Waals surface area contributed by atoms with Gasteiger partial charge in [-0.15, -0.1) is 0 Å². The first kappa shape index (κ1) is 10.5. The molecule has 0 bridgehead atoms. The van der Waals surface area contributed by atoms with Gasteiger partial charge in [-0.1, -0.05) is 58.4 Å². The summed E-state index contributed by atoms with van der Waals surface area (Å²) in [4.78, 5) is 0.353. The summed E-state index contributed by atoms with van der Waals surface area (Å²) >= 11 is 3.56. The van der Waals surface area contributed by atoms with E-state index in [4.69, 9.17) is 0 Å². The van der Waals surface area contributed by atoms with E-state index in [1.807, 2.05) is 0 Å². The van der Waals surface area contributed by atoms with E-state index < -0.39 is 0 Å². The molecule has 1 aliphatic rings. The maximum absolute atomic E-state index is 3.99. The van der Waals surface area contributed by atoms with Crippen LogP contribution in [0.2, 0.25) is 0 Å². The van der Waals surface area contributed by atoms with Crippen LogP contribution < -0.4 is 5.32 Å². The predicted octanol–water partition coefficient (Wildman–Crippen LogP) is 3.61. The molecule has 1 heterocycles. The molecule has 1 aliphatic heterocycles. The molecule has 0 saturated carbocycles. The lowest BCUT2D eigenvalue weighted by Crippen LogP contribution is -2.22. The van der Waals surface area contributed by atoms with Crippen LogP contribution in [0.5, 0.6) is 0 Å². The highest BCUT2D eigenvalue weighted by Crippen LogP contribution is 2.25. The number of alkyl halides is 1. The fourth-order valence-electron chi connectivity index (χ4n) is 1.59. The Bertz CT molecular complexity index is 403. The Balaban J connectivity index is 2.25. The second-order valence-corrected chi connectivity index (χ2v) is 4.94. The van der Waals surface area contributed by atoms with Gasteiger partial charge < -0.3 is 5.32 Å². The minimum atomic E-state index is 0.353. The van der Waals surface area contributed by atoms with Crippen molar-refractivity contribution in [2.24, 2.45) is 0 Å². The van der Waals surface area contributed by atoms with Crippen molar-refractivity contribution in [1.29, 1.82) is 0 Å². The van der Waals surface area contributed by atoms with Crippen molar-refractivity contribution < 1.29 is 0 Å². The smallest absolute Gasteiger partial charge is 0.0575 e. The van der Waals surface area contributed by atoms with Gasteiger partial charge in [-0.05, 0) is 18.9 Å². The monoisotopic (exact) mass is 263 g/mol. The van der Waals surface area contributed by atoms with Crippen LogP contribution in [0.4, 0.5) is 0 Å². The Morgan fingerprint density at radius 2 is 2.00 bits per heavy atom. The number of rotatable bonds is 1. The molecule has 2 heteroatoms. The van der Waals surface area contributed by atoms with Crippen molar-refractivity contribution in [2.75, 3.05) is 0 Å². The van der Waals surface area contributed by atoms with E-state index in [1.165, 1.54) is 11.1 Å². The molecule has 0 spiro atoms. The van der Waals surface area contributed by atoms with Crippen molar-refractivity contribution in [3.8, 4) is 0 Å². The molecule has 0 fully saturated rings. The third kappa shape index (κ3) is 2.32. The van der Waals surface area contributed by atoms with E-state index in [-0.39, 0.29) is 0 Å². The molecule has 2 rings (SSSR count). The average molecular weight is 264 g/mol. The summed E-state index contributed by atoms with van der Waals surface area (Å²) in [6, 6.07) is 8.52. The first-order valence-corrected chi connectivity index (χ1v) is 5.95. The Hall–Kier alpha value is -1.02. The summed E-state index contributed by atoms with van der Waals surface area (Å²) in [7, 11) is 0. The highest BCUT2D eigenvalue weighted by atomic mass is 79.9. The molecule has 1 aromatic rings. The number of hydrogen-bond acceptors (Lipinski definition) is 1. The quantitative estimate of drug-likeness (QED) is 0.764. The lowest BCUT2D eigenvalue weighted by atomic mass is 10.0. The third-order valence-corrected chi connectivity index (χ3v) is 3.49. The standard InChI is InChI=1S/C13H14BrN/c1-9-3-5-11(6-4-9)13-8-7-12(14)10(2)15-13/h3-6,8,12,15H,2,7H2,1H3. The van der Waals surface area contributed by atoms with Gasteiger partial charge in [0.05, 0.1) is 4.83 Å². The Kier molecular flexibility index (Phi) is 2.96. The van der Waals surface area contributed by atoms with Gasteiger partial charge in [-0.25, -0.2) is 0 Å². The van der Waals surface area contributed by atoms with Crippen LogP contribution in [0.25, 0.3) is 5.70 Å². The topological polar surface area (TPSA) is 12.0 Å². The molecule has 1 nitrogen and oxygen atoms in total. The second-order valence-electron chi connectivity index (χ2n) is 3.84. The lowest BCUT2D eigenvalue weighted by molar-refractivity contribution is 0.887. The molecule has 1 unspecified atom stereocenters. The summed E-state index contributed by atoms with van der Waals surface area (Å²) in [5.74, 6) is 0. The zero-order chi connectivity index (χ0) is 10.8. The van der Waals surface area contributed by atoms with Gasteiger partial charge in [0, 0.05) is 11.4 Å². The van der Waals surface area contributed by atoms with Gasteiger partial charge in [0.15, 0.2) is 0 Å². The van der Waals surface area contributed by atoms with Crippen molar-refractivity contribution >= 4 is 21.6 Å². The molecule has 0 radical (unpaired) electrons. The number of allylic oxidation sites excluding steroid dienone is 2. The van der Waals surface area contributed by atoms with Crippen LogP contribution in [0.1, 0.15) is 17.5 Å². The third-order valence-electron chi connectivity index (χ3n) is 2.56. The molecule has 1 N–H and O–H groups in total. The molecule has 0 amide bonds. The fraction of sp³-hybridized carbons (Fsp3) is 0.231. The van der Waals surface area contributed by atoms with E-state index in [0.29, 0.717) is 4.83 Å². The molecule has 0 aromatic heterocycles. The number of aryl methyl sites for hydroxylation is 1. The van der Waals surface area contributed by atoms with Crippen molar-refractivity contribution in [3.63, 3.8) is 0 Å². The zero-order valence-corrected chi connectivity index (χ0v) is 10.3. The van der Waals surface area contributed by atoms with Gasteiger partial charge in [0.25, 0.3) is 0 Å². The van der Waals surface area contributed by atoms with Crippen LogP contribution in [0.3, 0.4) is 0 Å². The Labute approximate surface area is 99.0 Å². The van der Waals surface area contributed by atoms with Crippen molar-refractivity contribution in [3.05, 3.63) is 53.7 Å². The van der Waals surface area contributed by atoms with Crippen LogP contribution >= 0.6 is 15.9 Å². The molecule has 0 saturated heterocycles. The van der Waals surface area contributed by atoms with Gasteiger partial charge in [-0.3, -0.25) is 0 Å². The maximum Gasteiger partial charge on any atom is 0.0575 e. The number of halogens is 1. The van der Waals surface area contributed by atoms with Crippen LogP contribution in [-0.4, -0.2) is 4.83 Å². The maximum atomic E-state index is 3.99. The van der Waals surface area contributed by atoms with E-state index in [0.717, 1.165) is 17.8 Å². The largest absolute Gasteiger partial charge is 0.358 e. The van der Waals surface area contributed by atoms with Crippen LogP contribution in [-0.2, 0) is 0 Å². The summed E-state index contributed by atoms with van der Waals surface area (Å²) in [5.41, 5.74) is 4.71. The van der Waals surface area contributed by atoms with Crippen LogP contribution in [0, 0.1) is 6.92 Å². The van der Waals surface area contributed by atoms with Gasteiger partial charge in [-0.2, -0.15) is 0 Å². The van der Waals surface area contributed by atoms with Crippen molar-refractivity contribution in [1.82, 2.24) is 5.32 Å². The first-order valence-electron chi connectivity index (χ1n) is 5.04. The minimum absolute atomic E-state index is 0.353. The Morgan fingerprint density at radius 3 is 2.60 bits per heavy atom. The average Bonchev–Trinajstić information content (AvgIpc) is 2.23. The van der Waals surface area contributed by atoms with Crippen LogP contribution in [0.15, 0.2) is 42.6 Å². The normalized spacial score (nSPS) is 20.8. The van der Waals surface area contributed by atoms with E-state index in [1.54, 1.807) is 0 Å².